The number of thioether (sulfide) groups is 1. The van der Waals surface area contributed by atoms with E-state index >= 15 is 0 Å². The number of nitro groups is 1. The van der Waals surface area contributed by atoms with Crippen molar-refractivity contribution in [2.75, 3.05) is 13.7 Å². The van der Waals surface area contributed by atoms with E-state index in [4.69, 9.17) is 14.2 Å². The van der Waals surface area contributed by atoms with Crippen molar-refractivity contribution in [1.29, 1.82) is 0 Å². The maximum Gasteiger partial charge on any atom is 0.329 e. The molecule has 2 aromatic carbocycles. The van der Waals surface area contributed by atoms with Crippen LogP contribution in [0.3, 0.4) is 0 Å². The van der Waals surface area contributed by atoms with Gasteiger partial charge >= 0.3 is 5.97 Å². The number of rotatable bonds is 9. The number of benzene rings is 2. The predicted octanol–water partition coefficient (Wildman–Crippen LogP) is 4.17. The van der Waals surface area contributed by atoms with Crippen molar-refractivity contribution < 1.29 is 33.5 Å². The molecule has 178 valence electrons. The highest BCUT2D eigenvalue weighted by molar-refractivity contribution is 8.18. The minimum Gasteiger partial charge on any atom is -0.493 e. The molecule has 0 saturated carbocycles. The molecule has 0 unspecified atom stereocenters. The third-order valence-electron chi connectivity index (χ3n) is 4.87. The lowest BCUT2D eigenvalue weighted by atomic mass is 10.1. The molecular weight excluding hydrogens is 464 g/mol. The molecule has 0 spiro atoms. The van der Waals surface area contributed by atoms with Gasteiger partial charge in [0.25, 0.3) is 16.8 Å². The Kier molecular flexibility index (Phi) is 7.90. The van der Waals surface area contributed by atoms with Crippen molar-refractivity contribution in [3.05, 3.63) is 68.6 Å². The van der Waals surface area contributed by atoms with Crippen molar-refractivity contribution >= 4 is 40.6 Å². The number of nitrogens with zero attached hydrogens (tertiary/aromatic N) is 2. The lowest BCUT2D eigenvalue weighted by molar-refractivity contribution is -0.384. The Morgan fingerprint density at radius 1 is 1.18 bits per heavy atom. The molecule has 10 nitrogen and oxygen atoms in total. The van der Waals surface area contributed by atoms with Crippen LogP contribution in [0.1, 0.15) is 25.0 Å². The van der Waals surface area contributed by atoms with Gasteiger partial charge in [-0.05, 0) is 67.1 Å². The van der Waals surface area contributed by atoms with Crippen LogP contribution in [0.15, 0.2) is 47.4 Å². The standard InChI is InChI=1S/C23H22N2O8S/c1-4-32-22(27)14(2)24-21(26)20(34-23(24)28)12-16-7-10-18(19(11-16)31-3)33-13-15-5-8-17(9-6-15)25(29)30/h5-12,14H,4,13H2,1-3H3/b20-12+/t14-/m1/s1. The first kappa shape index (κ1) is 24.8. The molecule has 34 heavy (non-hydrogen) atoms. The fourth-order valence-electron chi connectivity index (χ4n) is 3.10. The van der Waals surface area contributed by atoms with Crippen LogP contribution in [0.2, 0.25) is 0 Å². The molecule has 0 radical (unpaired) electrons. The Bertz CT molecular complexity index is 1150. The Morgan fingerprint density at radius 3 is 2.50 bits per heavy atom. The summed E-state index contributed by atoms with van der Waals surface area (Å²) in [4.78, 5) is 48.4. The number of hydrogen-bond acceptors (Lipinski definition) is 9. The summed E-state index contributed by atoms with van der Waals surface area (Å²) in [5, 5.41) is 10.2. The van der Waals surface area contributed by atoms with E-state index in [1.165, 1.54) is 32.2 Å². The van der Waals surface area contributed by atoms with Crippen LogP contribution in [-0.2, 0) is 20.9 Å². The summed E-state index contributed by atoms with van der Waals surface area (Å²) < 4.78 is 16.1. The summed E-state index contributed by atoms with van der Waals surface area (Å²) in [6.07, 6.45) is 1.53. The molecule has 1 fully saturated rings. The summed E-state index contributed by atoms with van der Waals surface area (Å²) >= 11 is 0.740. The monoisotopic (exact) mass is 486 g/mol. The molecule has 1 aliphatic heterocycles. The fraction of sp³-hybridized carbons (Fsp3) is 0.261. The number of imide groups is 1. The topological polar surface area (TPSA) is 125 Å². The molecule has 1 atom stereocenters. The average molecular weight is 487 g/mol. The SMILES string of the molecule is CCOC(=O)[C@@H](C)N1C(=O)S/C(=C/c2ccc(OCc3ccc([N+](=O)[O-])cc3)c(OC)c2)C1=O. The van der Waals surface area contributed by atoms with Crippen LogP contribution in [0.25, 0.3) is 6.08 Å². The summed E-state index contributed by atoms with van der Waals surface area (Å²) in [5.74, 6) is -0.396. The lowest BCUT2D eigenvalue weighted by Crippen LogP contribution is -2.42. The third kappa shape index (κ3) is 5.54. The van der Waals surface area contributed by atoms with Crippen LogP contribution in [-0.4, -0.2) is 46.7 Å². The molecule has 1 heterocycles. The van der Waals surface area contributed by atoms with Crippen molar-refractivity contribution in [2.45, 2.75) is 26.5 Å². The zero-order valence-corrected chi connectivity index (χ0v) is 19.5. The minimum atomic E-state index is -1.02. The van der Waals surface area contributed by atoms with Crippen molar-refractivity contribution in [2.24, 2.45) is 0 Å². The molecule has 0 aliphatic carbocycles. The second-order valence-corrected chi connectivity index (χ2v) is 8.10. The van der Waals surface area contributed by atoms with Gasteiger partial charge in [-0.25, -0.2) is 4.79 Å². The second kappa shape index (κ2) is 10.8. The Morgan fingerprint density at radius 2 is 1.88 bits per heavy atom. The van der Waals surface area contributed by atoms with Crippen LogP contribution < -0.4 is 9.47 Å². The van der Waals surface area contributed by atoms with Gasteiger partial charge in [0.1, 0.15) is 12.6 Å². The van der Waals surface area contributed by atoms with Crippen molar-refractivity contribution in [3.63, 3.8) is 0 Å². The normalized spacial score (nSPS) is 15.4. The number of hydrogen-bond donors (Lipinski definition) is 0. The number of carbonyl (C=O) groups excluding carboxylic acids is 3. The minimum absolute atomic E-state index is 0.00764. The molecule has 2 amide bonds. The molecule has 0 N–H and O–H groups in total. The van der Waals surface area contributed by atoms with Gasteiger partial charge in [-0.3, -0.25) is 24.6 Å². The predicted molar refractivity (Wildman–Crippen MR) is 124 cm³/mol. The highest BCUT2D eigenvalue weighted by atomic mass is 32.2. The number of carbonyl (C=O) groups is 3. The highest BCUT2D eigenvalue weighted by Crippen LogP contribution is 2.36. The zero-order chi connectivity index (χ0) is 24.8. The van der Waals surface area contributed by atoms with Crippen LogP contribution in [0.4, 0.5) is 10.5 Å². The van der Waals surface area contributed by atoms with Gasteiger partial charge in [-0.15, -0.1) is 0 Å². The van der Waals surface area contributed by atoms with E-state index in [0.717, 1.165) is 22.2 Å². The maximum absolute atomic E-state index is 12.7. The summed E-state index contributed by atoms with van der Waals surface area (Å²) in [6, 6.07) is 9.97. The van der Waals surface area contributed by atoms with Gasteiger partial charge in [0, 0.05) is 12.1 Å². The molecule has 0 bridgehead atoms. The van der Waals surface area contributed by atoms with Crippen LogP contribution in [0.5, 0.6) is 11.5 Å². The summed E-state index contributed by atoms with van der Waals surface area (Å²) in [6.45, 7) is 3.40. The molecule has 3 rings (SSSR count). The Labute approximate surface area is 199 Å². The number of nitro benzene ring substituents is 1. The first-order valence-electron chi connectivity index (χ1n) is 10.2. The van der Waals surface area contributed by atoms with E-state index in [1.54, 1.807) is 37.3 Å². The van der Waals surface area contributed by atoms with Gasteiger partial charge in [0.15, 0.2) is 11.5 Å². The van der Waals surface area contributed by atoms with Gasteiger partial charge in [-0.2, -0.15) is 0 Å². The summed E-state index contributed by atoms with van der Waals surface area (Å²) in [5.41, 5.74) is 1.32. The van der Waals surface area contributed by atoms with Gasteiger partial charge in [-0.1, -0.05) is 6.07 Å². The van der Waals surface area contributed by atoms with E-state index in [-0.39, 0.29) is 23.8 Å². The van der Waals surface area contributed by atoms with Crippen molar-refractivity contribution in [1.82, 2.24) is 4.90 Å². The Hall–Kier alpha value is -3.86. The molecule has 2 aromatic rings. The van der Waals surface area contributed by atoms with E-state index in [9.17, 15) is 24.5 Å². The number of methoxy groups -OCH3 is 1. The molecule has 1 saturated heterocycles. The largest absolute Gasteiger partial charge is 0.493 e. The van der Waals surface area contributed by atoms with E-state index in [2.05, 4.69) is 0 Å². The quantitative estimate of drug-likeness (QED) is 0.222. The molecule has 11 heteroatoms. The number of non-ortho nitro benzene ring substituents is 1. The van der Waals surface area contributed by atoms with E-state index in [1.807, 2.05) is 0 Å². The zero-order valence-electron chi connectivity index (χ0n) is 18.7. The number of ether oxygens (including phenoxy) is 3. The molecular formula is C23H22N2O8S. The Balaban J connectivity index is 1.73. The van der Waals surface area contributed by atoms with Gasteiger partial charge in [0.05, 0.1) is 23.5 Å². The number of amides is 2. The summed E-state index contributed by atoms with van der Waals surface area (Å²) in [7, 11) is 1.47. The van der Waals surface area contributed by atoms with Gasteiger partial charge in [0.2, 0.25) is 0 Å². The average Bonchev–Trinajstić information content (AvgIpc) is 3.10. The third-order valence-corrected chi connectivity index (χ3v) is 5.75. The van der Waals surface area contributed by atoms with E-state index in [0.29, 0.717) is 17.1 Å². The lowest BCUT2D eigenvalue weighted by Gasteiger charge is -2.19. The first-order valence-corrected chi connectivity index (χ1v) is 11.0. The van der Waals surface area contributed by atoms with Crippen LogP contribution >= 0.6 is 11.8 Å². The first-order chi connectivity index (χ1) is 16.2. The van der Waals surface area contributed by atoms with Crippen molar-refractivity contribution in [3.8, 4) is 11.5 Å². The van der Waals surface area contributed by atoms with Crippen LogP contribution in [0, 0.1) is 10.1 Å². The molecule has 1 aliphatic rings. The molecule has 0 aromatic heterocycles. The van der Waals surface area contributed by atoms with E-state index < -0.39 is 28.1 Å². The fourth-order valence-corrected chi connectivity index (χ4v) is 4.01. The smallest absolute Gasteiger partial charge is 0.329 e. The maximum atomic E-state index is 12.7. The second-order valence-electron chi connectivity index (χ2n) is 7.10. The number of esters is 1. The highest BCUT2D eigenvalue weighted by Gasteiger charge is 2.41. The van der Waals surface area contributed by atoms with Gasteiger partial charge < -0.3 is 14.2 Å².